The third kappa shape index (κ3) is 2.50. The number of hydrogen-bond donors (Lipinski definition) is 1. The van der Waals surface area contributed by atoms with E-state index < -0.39 is 0 Å². The van der Waals surface area contributed by atoms with Crippen molar-refractivity contribution < 1.29 is 0 Å². The van der Waals surface area contributed by atoms with Crippen molar-refractivity contribution in [3.05, 3.63) is 18.6 Å². The van der Waals surface area contributed by atoms with Crippen molar-refractivity contribution in [2.24, 2.45) is 5.92 Å². The predicted molar refractivity (Wildman–Crippen MR) is 65.5 cm³/mol. The second kappa shape index (κ2) is 5.25. The zero-order valence-electron chi connectivity index (χ0n) is 10.1. The minimum atomic E-state index is 0.569. The summed E-state index contributed by atoms with van der Waals surface area (Å²) in [5.74, 6) is 1.72. The van der Waals surface area contributed by atoms with Gasteiger partial charge in [-0.15, -0.1) is 0 Å². The molecule has 1 saturated heterocycles. The van der Waals surface area contributed by atoms with Gasteiger partial charge in [-0.1, -0.05) is 0 Å². The summed E-state index contributed by atoms with van der Waals surface area (Å²) in [5.41, 5.74) is 0. The Bertz CT molecular complexity index is 314. The number of aromatic nitrogens is 2. The van der Waals surface area contributed by atoms with Gasteiger partial charge in [0.1, 0.15) is 5.82 Å². The Labute approximate surface area is 97.1 Å². The van der Waals surface area contributed by atoms with Gasteiger partial charge in [0.2, 0.25) is 0 Å². The molecule has 1 fully saturated rings. The van der Waals surface area contributed by atoms with E-state index in [-0.39, 0.29) is 0 Å². The van der Waals surface area contributed by atoms with Crippen LogP contribution >= 0.6 is 0 Å². The fraction of sp³-hybridized carbons (Fsp3) is 0.667. The van der Waals surface area contributed by atoms with Crippen molar-refractivity contribution >= 4 is 5.82 Å². The van der Waals surface area contributed by atoms with Crippen LogP contribution in [0.4, 0.5) is 5.82 Å². The van der Waals surface area contributed by atoms with Crippen LogP contribution in [0, 0.1) is 5.92 Å². The van der Waals surface area contributed by atoms with Crippen LogP contribution in [0.15, 0.2) is 18.6 Å². The van der Waals surface area contributed by atoms with Crippen LogP contribution in [0.5, 0.6) is 0 Å². The van der Waals surface area contributed by atoms with Crippen molar-refractivity contribution in [3.63, 3.8) is 0 Å². The summed E-state index contributed by atoms with van der Waals surface area (Å²) in [6, 6.07) is 0.569. The summed E-state index contributed by atoms with van der Waals surface area (Å²) < 4.78 is 0. The molecular formula is C12H20N4. The number of rotatable bonds is 3. The van der Waals surface area contributed by atoms with Crippen LogP contribution in [0.25, 0.3) is 0 Å². The second-order valence-electron chi connectivity index (χ2n) is 4.49. The number of nitrogens with zero attached hydrogens (tertiary/aromatic N) is 3. The van der Waals surface area contributed by atoms with E-state index in [4.69, 9.17) is 0 Å². The van der Waals surface area contributed by atoms with Gasteiger partial charge in [-0.3, -0.25) is 4.98 Å². The molecule has 2 heterocycles. The highest BCUT2D eigenvalue weighted by Crippen LogP contribution is 2.22. The molecule has 0 amide bonds. The van der Waals surface area contributed by atoms with Gasteiger partial charge in [-0.2, -0.15) is 0 Å². The molecule has 0 aliphatic carbocycles. The topological polar surface area (TPSA) is 41.0 Å². The Balaban J connectivity index is 2.02. The molecule has 4 heteroatoms. The van der Waals surface area contributed by atoms with Gasteiger partial charge in [0, 0.05) is 31.5 Å². The van der Waals surface area contributed by atoms with E-state index in [1.807, 2.05) is 13.2 Å². The molecule has 16 heavy (non-hydrogen) atoms. The molecule has 0 radical (unpaired) electrons. The van der Waals surface area contributed by atoms with Crippen LogP contribution in [0.1, 0.15) is 19.8 Å². The van der Waals surface area contributed by atoms with E-state index in [9.17, 15) is 0 Å². The van der Waals surface area contributed by atoms with Gasteiger partial charge >= 0.3 is 0 Å². The largest absolute Gasteiger partial charge is 0.355 e. The lowest BCUT2D eigenvalue weighted by molar-refractivity contribution is 0.332. The Morgan fingerprint density at radius 3 is 3.06 bits per heavy atom. The maximum atomic E-state index is 4.37. The van der Waals surface area contributed by atoms with Crippen LogP contribution in [-0.2, 0) is 0 Å². The van der Waals surface area contributed by atoms with Gasteiger partial charge in [0.25, 0.3) is 0 Å². The third-order valence-electron chi connectivity index (χ3n) is 3.49. The molecule has 0 bridgehead atoms. The average Bonchev–Trinajstić information content (AvgIpc) is 2.39. The minimum absolute atomic E-state index is 0.569. The van der Waals surface area contributed by atoms with Crippen molar-refractivity contribution in [2.75, 3.05) is 25.0 Å². The number of hydrogen-bond acceptors (Lipinski definition) is 4. The monoisotopic (exact) mass is 220 g/mol. The number of nitrogens with one attached hydrogen (secondary N) is 1. The van der Waals surface area contributed by atoms with Crippen molar-refractivity contribution in [2.45, 2.75) is 25.8 Å². The summed E-state index contributed by atoms with van der Waals surface area (Å²) >= 11 is 0. The summed E-state index contributed by atoms with van der Waals surface area (Å²) in [6.45, 7) is 4.44. The Kier molecular flexibility index (Phi) is 3.72. The molecule has 2 rings (SSSR count). The van der Waals surface area contributed by atoms with E-state index >= 15 is 0 Å². The van der Waals surface area contributed by atoms with Crippen molar-refractivity contribution in [3.8, 4) is 0 Å². The van der Waals surface area contributed by atoms with Gasteiger partial charge < -0.3 is 10.2 Å². The van der Waals surface area contributed by atoms with E-state index in [1.54, 1.807) is 12.4 Å². The molecule has 1 N–H and O–H groups in total. The lowest BCUT2D eigenvalue weighted by Gasteiger charge is -2.36. The molecule has 0 spiro atoms. The second-order valence-corrected chi connectivity index (χ2v) is 4.49. The summed E-state index contributed by atoms with van der Waals surface area (Å²) in [4.78, 5) is 10.8. The first kappa shape index (κ1) is 11.3. The molecule has 0 saturated carbocycles. The predicted octanol–water partition coefficient (Wildman–Crippen LogP) is 1.30. The Morgan fingerprint density at radius 2 is 2.38 bits per heavy atom. The SMILES string of the molecule is CNC(C)C1CCCN(c2cnccn2)C1. The zero-order valence-corrected chi connectivity index (χ0v) is 10.1. The lowest BCUT2D eigenvalue weighted by Crippen LogP contribution is -2.43. The van der Waals surface area contributed by atoms with E-state index in [2.05, 4.69) is 27.1 Å². The van der Waals surface area contributed by atoms with Crippen molar-refractivity contribution in [1.29, 1.82) is 0 Å². The molecule has 1 aliphatic heterocycles. The molecule has 1 aromatic rings. The van der Waals surface area contributed by atoms with E-state index in [0.717, 1.165) is 18.9 Å². The molecular weight excluding hydrogens is 200 g/mol. The summed E-state index contributed by atoms with van der Waals surface area (Å²) in [7, 11) is 2.03. The first-order valence-corrected chi connectivity index (χ1v) is 5.99. The highest BCUT2D eigenvalue weighted by Gasteiger charge is 2.24. The molecule has 88 valence electrons. The normalized spacial score (nSPS) is 23.1. The fourth-order valence-corrected chi connectivity index (χ4v) is 2.32. The van der Waals surface area contributed by atoms with Gasteiger partial charge in [-0.25, -0.2) is 4.98 Å². The first-order chi connectivity index (χ1) is 7.81. The summed E-state index contributed by atoms with van der Waals surface area (Å²) in [6.07, 6.45) is 7.89. The quantitative estimate of drug-likeness (QED) is 0.833. The maximum Gasteiger partial charge on any atom is 0.147 e. The van der Waals surface area contributed by atoms with Crippen LogP contribution in [0.3, 0.4) is 0 Å². The lowest BCUT2D eigenvalue weighted by atomic mass is 9.92. The van der Waals surface area contributed by atoms with Crippen LogP contribution in [-0.4, -0.2) is 36.1 Å². The average molecular weight is 220 g/mol. The smallest absolute Gasteiger partial charge is 0.147 e. The molecule has 1 aromatic heterocycles. The Hall–Kier alpha value is -1.16. The number of anilines is 1. The van der Waals surface area contributed by atoms with Crippen LogP contribution in [0.2, 0.25) is 0 Å². The molecule has 0 aromatic carbocycles. The molecule has 1 aliphatic rings. The first-order valence-electron chi connectivity index (χ1n) is 5.99. The standard InChI is InChI=1S/C12H20N4/c1-10(13-2)11-4-3-7-16(9-11)12-8-14-5-6-15-12/h5-6,8,10-11,13H,3-4,7,9H2,1-2H3. The van der Waals surface area contributed by atoms with Crippen LogP contribution < -0.4 is 10.2 Å². The fourth-order valence-electron chi connectivity index (χ4n) is 2.32. The third-order valence-corrected chi connectivity index (χ3v) is 3.49. The zero-order chi connectivity index (χ0) is 11.4. The highest BCUT2D eigenvalue weighted by atomic mass is 15.2. The summed E-state index contributed by atoms with van der Waals surface area (Å²) in [5, 5.41) is 3.34. The van der Waals surface area contributed by atoms with Gasteiger partial charge in [0.05, 0.1) is 6.20 Å². The maximum absolute atomic E-state index is 4.37. The molecule has 2 unspecified atom stereocenters. The van der Waals surface area contributed by atoms with Gasteiger partial charge in [0.15, 0.2) is 0 Å². The van der Waals surface area contributed by atoms with Gasteiger partial charge in [-0.05, 0) is 32.7 Å². The molecule has 2 atom stereocenters. The minimum Gasteiger partial charge on any atom is -0.355 e. The van der Waals surface area contributed by atoms with E-state index in [1.165, 1.54) is 12.8 Å². The Morgan fingerprint density at radius 1 is 1.50 bits per heavy atom. The van der Waals surface area contributed by atoms with Crippen molar-refractivity contribution in [1.82, 2.24) is 15.3 Å². The van der Waals surface area contributed by atoms with E-state index in [0.29, 0.717) is 12.0 Å². The number of piperidine rings is 1. The highest BCUT2D eigenvalue weighted by molar-refractivity contribution is 5.35. The molecule has 4 nitrogen and oxygen atoms in total.